The molecular weight excluding hydrogens is 364 g/mol. The minimum atomic E-state index is -1.86. The third-order valence-electron chi connectivity index (χ3n) is 5.28. The number of hydrogen-bond acceptors (Lipinski definition) is 7. The Hall–Kier alpha value is -3.13. The standard InChI is InChI=1S/C20H20N2O6/c1-26-13-6-4-5-12-14(13)22-16-15(21-12)17(27-2)10-7-8-20(25,19(23)24)9-11(10)18(16)28-3/h4-6,25H,7-9H2,1-3H3,(H,23,24). The maximum absolute atomic E-state index is 11.6. The number of aromatic nitrogens is 2. The lowest BCUT2D eigenvalue weighted by molar-refractivity contribution is -0.159. The molecule has 8 nitrogen and oxygen atoms in total. The molecule has 1 unspecified atom stereocenters. The molecule has 3 aromatic rings. The Balaban J connectivity index is 2.10. The number of fused-ring (bicyclic) bond motifs is 3. The summed E-state index contributed by atoms with van der Waals surface area (Å²) >= 11 is 0. The van der Waals surface area contributed by atoms with E-state index in [1.807, 2.05) is 12.1 Å². The van der Waals surface area contributed by atoms with Gasteiger partial charge in [0, 0.05) is 17.5 Å². The van der Waals surface area contributed by atoms with E-state index in [-0.39, 0.29) is 12.8 Å². The van der Waals surface area contributed by atoms with Crippen LogP contribution in [0.1, 0.15) is 17.5 Å². The highest BCUT2D eigenvalue weighted by molar-refractivity contribution is 5.97. The fourth-order valence-corrected chi connectivity index (χ4v) is 3.88. The number of methoxy groups -OCH3 is 3. The Kier molecular flexibility index (Phi) is 4.23. The van der Waals surface area contributed by atoms with Crippen molar-refractivity contribution in [1.29, 1.82) is 0 Å². The number of nitrogens with zero attached hydrogens (tertiary/aromatic N) is 2. The van der Waals surface area contributed by atoms with Crippen LogP contribution in [-0.4, -0.2) is 53.1 Å². The molecule has 1 aliphatic carbocycles. The molecule has 0 fully saturated rings. The minimum absolute atomic E-state index is 0.0786. The summed E-state index contributed by atoms with van der Waals surface area (Å²) in [5.41, 5.74) is 1.67. The Labute approximate surface area is 160 Å². The summed E-state index contributed by atoms with van der Waals surface area (Å²) in [6.07, 6.45) is 0.305. The molecule has 0 amide bonds. The first-order valence-corrected chi connectivity index (χ1v) is 8.79. The normalized spacial score (nSPS) is 18.7. The topological polar surface area (TPSA) is 111 Å². The summed E-state index contributed by atoms with van der Waals surface area (Å²) in [5, 5.41) is 20.0. The second-order valence-corrected chi connectivity index (χ2v) is 6.79. The van der Waals surface area contributed by atoms with E-state index < -0.39 is 11.6 Å². The average Bonchev–Trinajstić information content (AvgIpc) is 2.70. The van der Waals surface area contributed by atoms with Crippen molar-refractivity contribution < 1.29 is 29.2 Å². The highest BCUT2D eigenvalue weighted by Gasteiger charge is 2.42. The predicted octanol–water partition coefficient (Wildman–Crippen LogP) is 2.11. The monoisotopic (exact) mass is 384 g/mol. The molecule has 28 heavy (non-hydrogen) atoms. The molecule has 0 bridgehead atoms. The van der Waals surface area contributed by atoms with Crippen LogP contribution in [0.5, 0.6) is 17.2 Å². The molecule has 0 aliphatic heterocycles. The lowest BCUT2D eigenvalue weighted by atomic mass is 9.79. The third-order valence-corrected chi connectivity index (χ3v) is 5.28. The lowest BCUT2D eigenvalue weighted by Crippen LogP contribution is -2.44. The zero-order chi connectivity index (χ0) is 20.1. The summed E-state index contributed by atoms with van der Waals surface area (Å²) in [4.78, 5) is 21.0. The van der Waals surface area contributed by atoms with Crippen molar-refractivity contribution in [2.45, 2.75) is 24.9 Å². The van der Waals surface area contributed by atoms with Crippen LogP contribution < -0.4 is 14.2 Å². The van der Waals surface area contributed by atoms with Gasteiger partial charge >= 0.3 is 5.97 Å². The summed E-state index contributed by atoms with van der Waals surface area (Å²) in [6.45, 7) is 0. The smallest absolute Gasteiger partial charge is 0.336 e. The highest BCUT2D eigenvalue weighted by Crippen LogP contribution is 2.45. The SMILES string of the molecule is COc1cccc2nc3c(OC)c4c(c(OC)c3nc12)CC(O)(C(=O)O)CC4. The number of para-hydroxylation sites is 1. The van der Waals surface area contributed by atoms with Crippen LogP contribution >= 0.6 is 0 Å². The second kappa shape index (κ2) is 6.49. The van der Waals surface area contributed by atoms with Gasteiger partial charge in [0.2, 0.25) is 0 Å². The van der Waals surface area contributed by atoms with Gasteiger partial charge in [-0.25, -0.2) is 14.8 Å². The number of carboxylic acid groups (broad SMARTS) is 1. The van der Waals surface area contributed by atoms with Gasteiger partial charge in [-0.3, -0.25) is 0 Å². The number of rotatable bonds is 4. The van der Waals surface area contributed by atoms with E-state index in [0.29, 0.717) is 51.3 Å². The number of benzene rings is 2. The van der Waals surface area contributed by atoms with Crippen LogP contribution in [-0.2, 0) is 17.6 Å². The number of aliphatic carboxylic acids is 1. The van der Waals surface area contributed by atoms with Crippen LogP contribution in [0.25, 0.3) is 22.1 Å². The summed E-state index contributed by atoms with van der Waals surface area (Å²) in [6, 6.07) is 5.45. The van der Waals surface area contributed by atoms with Crippen LogP contribution in [0.4, 0.5) is 0 Å². The summed E-state index contributed by atoms with van der Waals surface area (Å²) < 4.78 is 16.7. The molecule has 146 valence electrons. The van der Waals surface area contributed by atoms with E-state index in [4.69, 9.17) is 24.2 Å². The van der Waals surface area contributed by atoms with Gasteiger partial charge in [-0.15, -0.1) is 0 Å². The van der Waals surface area contributed by atoms with Gasteiger partial charge < -0.3 is 24.4 Å². The molecule has 0 radical (unpaired) electrons. The van der Waals surface area contributed by atoms with E-state index in [9.17, 15) is 15.0 Å². The maximum Gasteiger partial charge on any atom is 0.336 e. The van der Waals surface area contributed by atoms with Crippen molar-refractivity contribution in [2.75, 3.05) is 21.3 Å². The highest BCUT2D eigenvalue weighted by atomic mass is 16.5. The first-order chi connectivity index (χ1) is 13.4. The maximum atomic E-state index is 11.6. The second-order valence-electron chi connectivity index (χ2n) is 6.79. The van der Waals surface area contributed by atoms with E-state index in [1.54, 1.807) is 13.2 Å². The molecule has 8 heteroatoms. The van der Waals surface area contributed by atoms with Crippen molar-refractivity contribution in [3.8, 4) is 17.2 Å². The van der Waals surface area contributed by atoms with E-state index >= 15 is 0 Å². The van der Waals surface area contributed by atoms with Crippen molar-refractivity contribution in [1.82, 2.24) is 9.97 Å². The Morgan fingerprint density at radius 2 is 1.68 bits per heavy atom. The first-order valence-electron chi connectivity index (χ1n) is 8.79. The molecule has 4 rings (SSSR count). The quantitative estimate of drug-likeness (QED) is 0.658. The number of carboxylic acids is 1. The molecule has 2 aromatic carbocycles. The van der Waals surface area contributed by atoms with Crippen molar-refractivity contribution in [2.24, 2.45) is 0 Å². The summed E-state index contributed by atoms with van der Waals surface area (Å²) in [7, 11) is 4.58. The van der Waals surface area contributed by atoms with Crippen molar-refractivity contribution in [3.63, 3.8) is 0 Å². The van der Waals surface area contributed by atoms with Gasteiger partial charge in [0.05, 0.1) is 26.8 Å². The molecule has 0 spiro atoms. The van der Waals surface area contributed by atoms with Crippen LogP contribution in [0.3, 0.4) is 0 Å². The molecule has 2 N–H and O–H groups in total. The number of hydrogen-bond donors (Lipinski definition) is 2. The van der Waals surface area contributed by atoms with Crippen molar-refractivity contribution >= 4 is 28.0 Å². The van der Waals surface area contributed by atoms with Crippen LogP contribution in [0.15, 0.2) is 18.2 Å². The van der Waals surface area contributed by atoms with E-state index in [0.717, 1.165) is 5.56 Å². The van der Waals surface area contributed by atoms with Gasteiger partial charge in [0.15, 0.2) is 11.4 Å². The van der Waals surface area contributed by atoms with Gasteiger partial charge in [-0.2, -0.15) is 0 Å². The van der Waals surface area contributed by atoms with Crippen LogP contribution in [0, 0.1) is 0 Å². The van der Waals surface area contributed by atoms with Gasteiger partial charge in [0.25, 0.3) is 0 Å². The van der Waals surface area contributed by atoms with E-state index in [1.165, 1.54) is 14.2 Å². The predicted molar refractivity (Wildman–Crippen MR) is 101 cm³/mol. The minimum Gasteiger partial charge on any atom is -0.494 e. The lowest BCUT2D eigenvalue weighted by Gasteiger charge is -2.32. The molecule has 0 saturated heterocycles. The third kappa shape index (κ3) is 2.52. The number of ether oxygens (including phenoxy) is 3. The molecule has 1 heterocycles. The first kappa shape index (κ1) is 18.2. The zero-order valence-corrected chi connectivity index (χ0v) is 15.8. The van der Waals surface area contributed by atoms with Gasteiger partial charge in [-0.05, 0) is 25.0 Å². The van der Waals surface area contributed by atoms with E-state index in [2.05, 4.69) is 0 Å². The Morgan fingerprint density at radius 1 is 1.00 bits per heavy atom. The van der Waals surface area contributed by atoms with Crippen LogP contribution in [0.2, 0.25) is 0 Å². The fraction of sp³-hybridized carbons (Fsp3) is 0.350. The largest absolute Gasteiger partial charge is 0.494 e. The van der Waals surface area contributed by atoms with Crippen molar-refractivity contribution in [3.05, 3.63) is 29.3 Å². The zero-order valence-electron chi connectivity index (χ0n) is 15.8. The Morgan fingerprint density at radius 3 is 2.32 bits per heavy atom. The molecule has 1 atom stereocenters. The molecule has 1 aliphatic rings. The molecular formula is C20H20N2O6. The number of aliphatic hydroxyl groups is 1. The Bertz CT molecular complexity index is 1110. The fourth-order valence-electron chi connectivity index (χ4n) is 3.88. The average molecular weight is 384 g/mol. The number of carbonyl (C=O) groups is 1. The molecule has 0 saturated carbocycles. The van der Waals surface area contributed by atoms with Gasteiger partial charge in [-0.1, -0.05) is 6.07 Å². The summed E-state index contributed by atoms with van der Waals surface area (Å²) in [5.74, 6) is 0.221. The molecule has 1 aromatic heterocycles. The van der Waals surface area contributed by atoms with Gasteiger partial charge in [0.1, 0.15) is 28.0 Å².